The fraction of sp³-hybridized carbons (Fsp3) is 0.231. The molecular formula is C26H26ClN5OS3. The minimum absolute atomic E-state index is 0. The molecule has 4 aromatic rings. The summed E-state index contributed by atoms with van der Waals surface area (Å²) < 4.78 is 0. The van der Waals surface area contributed by atoms with Gasteiger partial charge in [0, 0.05) is 53.5 Å². The van der Waals surface area contributed by atoms with E-state index < -0.39 is 0 Å². The van der Waals surface area contributed by atoms with E-state index in [1.54, 1.807) is 48.0 Å². The van der Waals surface area contributed by atoms with Gasteiger partial charge in [-0.1, -0.05) is 47.8 Å². The summed E-state index contributed by atoms with van der Waals surface area (Å²) >= 11 is 4.87. The molecule has 186 valence electrons. The zero-order valence-corrected chi connectivity index (χ0v) is 22.9. The van der Waals surface area contributed by atoms with E-state index in [4.69, 9.17) is 9.97 Å². The topological polar surface area (TPSA) is 71.0 Å². The third-order valence-electron chi connectivity index (χ3n) is 5.76. The number of piperidine rings is 1. The molecule has 6 nitrogen and oxygen atoms in total. The summed E-state index contributed by atoms with van der Waals surface area (Å²) in [5.41, 5.74) is 1.10. The SMILES string of the molecule is CC(=O)N1CCC(c2csc(Nc3ncc(Sc4ccccn4)cc3Sc3ccccc3)n2)CC1.Cl. The van der Waals surface area contributed by atoms with E-state index in [1.807, 2.05) is 47.5 Å². The van der Waals surface area contributed by atoms with E-state index in [0.717, 1.165) is 62.3 Å². The Morgan fingerprint density at radius 1 is 1.03 bits per heavy atom. The molecule has 4 heterocycles. The zero-order valence-electron chi connectivity index (χ0n) is 19.7. The largest absolute Gasteiger partial charge is 0.343 e. The quantitative estimate of drug-likeness (QED) is 0.260. The molecule has 0 aliphatic carbocycles. The van der Waals surface area contributed by atoms with Crippen molar-refractivity contribution in [3.05, 3.63) is 78.1 Å². The van der Waals surface area contributed by atoms with Crippen molar-refractivity contribution in [1.29, 1.82) is 0 Å². The molecule has 1 aromatic carbocycles. The first-order valence-electron chi connectivity index (χ1n) is 11.4. The highest BCUT2D eigenvalue weighted by atomic mass is 35.5. The van der Waals surface area contributed by atoms with Gasteiger partial charge in [-0.15, -0.1) is 23.7 Å². The van der Waals surface area contributed by atoms with Crippen molar-refractivity contribution >= 4 is 64.1 Å². The number of hydrogen-bond acceptors (Lipinski definition) is 8. The van der Waals surface area contributed by atoms with Crippen LogP contribution in [-0.2, 0) is 4.79 Å². The standard InChI is InChI=1S/C26H25N5OS3.ClH/c1-18(32)31-13-10-19(11-14-31)22-17-33-26(29-22)30-25-23(34-20-7-3-2-4-8-20)15-21(16-28-25)35-24-9-5-6-12-27-24;/h2-9,12,15-17,19H,10-11,13-14H2,1H3,(H,28,29,30);1H. The highest BCUT2D eigenvalue weighted by Gasteiger charge is 2.24. The molecule has 1 aliphatic rings. The molecule has 0 unspecified atom stereocenters. The molecule has 1 N–H and O–H groups in total. The van der Waals surface area contributed by atoms with Crippen LogP contribution in [0.1, 0.15) is 31.4 Å². The Labute approximate surface area is 229 Å². The second-order valence-electron chi connectivity index (χ2n) is 8.19. The van der Waals surface area contributed by atoms with Crippen LogP contribution in [0.5, 0.6) is 0 Å². The maximum Gasteiger partial charge on any atom is 0.219 e. The number of nitrogens with zero attached hydrogens (tertiary/aromatic N) is 4. The van der Waals surface area contributed by atoms with E-state index in [1.165, 1.54) is 0 Å². The number of anilines is 2. The first-order chi connectivity index (χ1) is 17.1. The Morgan fingerprint density at radius 3 is 2.53 bits per heavy atom. The molecule has 1 aliphatic heterocycles. The first-order valence-corrected chi connectivity index (χ1v) is 13.9. The fourth-order valence-corrected chi connectivity index (χ4v) is 6.50. The van der Waals surface area contributed by atoms with Crippen LogP contribution >= 0.6 is 47.3 Å². The third-order valence-corrected chi connectivity index (χ3v) is 8.49. The molecule has 0 saturated carbocycles. The fourth-order valence-electron chi connectivity index (χ4n) is 3.92. The molecule has 1 amide bonds. The summed E-state index contributed by atoms with van der Waals surface area (Å²) in [5, 5.41) is 7.36. The van der Waals surface area contributed by atoms with Crippen LogP contribution in [0.25, 0.3) is 0 Å². The van der Waals surface area contributed by atoms with Crippen LogP contribution in [-0.4, -0.2) is 38.8 Å². The lowest BCUT2D eigenvalue weighted by Gasteiger charge is -2.30. The normalized spacial score (nSPS) is 13.8. The van der Waals surface area contributed by atoms with E-state index in [-0.39, 0.29) is 18.3 Å². The van der Waals surface area contributed by atoms with Gasteiger partial charge in [-0.05, 0) is 43.2 Å². The van der Waals surface area contributed by atoms with Crippen molar-refractivity contribution in [2.75, 3.05) is 18.4 Å². The van der Waals surface area contributed by atoms with Crippen molar-refractivity contribution in [2.45, 2.75) is 45.4 Å². The monoisotopic (exact) mass is 555 g/mol. The lowest BCUT2D eigenvalue weighted by Crippen LogP contribution is -2.36. The first kappa shape index (κ1) is 26.5. The summed E-state index contributed by atoms with van der Waals surface area (Å²) in [4.78, 5) is 30.8. The Balaban J connectivity index is 0.00000304. The van der Waals surface area contributed by atoms with Crippen molar-refractivity contribution in [3.8, 4) is 0 Å². The Bertz CT molecular complexity index is 1280. The van der Waals surface area contributed by atoms with Gasteiger partial charge in [-0.3, -0.25) is 4.79 Å². The predicted octanol–water partition coefficient (Wildman–Crippen LogP) is 7.13. The summed E-state index contributed by atoms with van der Waals surface area (Å²) in [6, 6.07) is 18.4. The molecule has 0 bridgehead atoms. The number of hydrogen-bond donors (Lipinski definition) is 1. The van der Waals surface area contributed by atoms with Gasteiger partial charge in [0.15, 0.2) is 5.13 Å². The number of carbonyl (C=O) groups is 1. The lowest BCUT2D eigenvalue weighted by molar-refractivity contribution is -0.129. The Morgan fingerprint density at radius 2 is 1.81 bits per heavy atom. The van der Waals surface area contributed by atoms with Crippen LogP contribution in [0, 0.1) is 0 Å². The van der Waals surface area contributed by atoms with Crippen LogP contribution in [0.2, 0.25) is 0 Å². The maximum absolute atomic E-state index is 11.6. The van der Waals surface area contributed by atoms with Gasteiger partial charge < -0.3 is 10.2 Å². The summed E-state index contributed by atoms with van der Waals surface area (Å²) in [6.45, 7) is 3.24. The summed E-state index contributed by atoms with van der Waals surface area (Å²) in [7, 11) is 0. The number of benzene rings is 1. The highest BCUT2D eigenvalue weighted by molar-refractivity contribution is 8.00. The number of rotatable bonds is 7. The van der Waals surface area contributed by atoms with Crippen LogP contribution in [0.4, 0.5) is 10.9 Å². The van der Waals surface area contributed by atoms with Gasteiger partial charge in [-0.25, -0.2) is 15.0 Å². The molecule has 0 spiro atoms. The minimum atomic E-state index is 0. The molecule has 0 radical (unpaired) electrons. The Kier molecular flexibility index (Phi) is 9.25. The highest BCUT2D eigenvalue weighted by Crippen LogP contribution is 2.38. The van der Waals surface area contributed by atoms with E-state index in [0.29, 0.717) is 5.92 Å². The number of nitrogens with one attached hydrogen (secondary N) is 1. The maximum atomic E-state index is 11.6. The molecular weight excluding hydrogens is 530 g/mol. The van der Waals surface area contributed by atoms with Gasteiger partial charge in [0.2, 0.25) is 5.91 Å². The molecule has 10 heteroatoms. The number of likely N-dealkylation sites (tertiary alicyclic amines) is 1. The second kappa shape index (κ2) is 12.6. The predicted molar refractivity (Wildman–Crippen MR) is 150 cm³/mol. The third kappa shape index (κ3) is 6.79. The van der Waals surface area contributed by atoms with Gasteiger partial charge in [0.25, 0.3) is 0 Å². The van der Waals surface area contributed by atoms with E-state index in [2.05, 4.69) is 33.9 Å². The molecule has 1 saturated heterocycles. The van der Waals surface area contributed by atoms with Gasteiger partial charge >= 0.3 is 0 Å². The molecule has 5 rings (SSSR count). The van der Waals surface area contributed by atoms with Crippen molar-refractivity contribution in [3.63, 3.8) is 0 Å². The number of amides is 1. The number of pyridine rings is 2. The average molecular weight is 556 g/mol. The number of carbonyl (C=O) groups excluding carboxylic acids is 1. The Hall–Kier alpha value is -2.59. The molecule has 1 fully saturated rings. The van der Waals surface area contributed by atoms with Gasteiger partial charge in [0.05, 0.1) is 10.6 Å². The van der Waals surface area contributed by atoms with Crippen LogP contribution < -0.4 is 5.32 Å². The number of halogens is 1. The molecule has 0 atom stereocenters. The van der Waals surface area contributed by atoms with Gasteiger partial charge in [0.1, 0.15) is 10.8 Å². The van der Waals surface area contributed by atoms with Crippen LogP contribution in [0.15, 0.2) is 92.1 Å². The average Bonchev–Trinajstić information content (AvgIpc) is 3.35. The van der Waals surface area contributed by atoms with Gasteiger partial charge in [-0.2, -0.15) is 0 Å². The number of aromatic nitrogens is 3. The number of thiazole rings is 1. The van der Waals surface area contributed by atoms with E-state index in [9.17, 15) is 4.79 Å². The minimum Gasteiger partial charge on any atom is -0.343 e. The zero-order chi connectivity index (χ0) is 24.0. The van der Waals surface area contributed by atoms with Crippen LogP contribution in [0.3, 0.4) is 0 Å². The van der Waals surface area contributed by atoms with Crippen molar-refractivity contribution < 1.29 is 4.79 Å². The summed E-state index contributed by atoms with van der Waals surface area (Å²) in [6.07, 6.45) is 5.59. The summed E-state index contributed by atoms with van der Waals surface area (Å²) in [5.74, 6) is 1.33. The molecule has 3 aromatic heterocycles. The lowest BCUT2D eigenvalue weighted by atomic mass is 9.94. The van der Waals surface area contributed by atoms with E-state index >= 15 is 0 Å². The smallest absolute Gasteiger partial charge is 0.219 e. The second-order valence-corrected chi connectivity index (χ2v) is 11.3. The van der Waals surface area contributed by atoms with Crippen molar-refractivity contribution in [1.82, 2.24) is 19.9 Å². The van der Waals surface area contributed by atoms with Crippen molar-refractivity contribution in [2.24, 2.45) is 0 Å². The molecule has 36 heavy (non-hydrogen) atoms.